The molecule has 6 heteroatoms. The summed E-state index contributed by atoms with van der Waals surface area (Å²) in [7, 11) is -3.74. The number of carbonyl (C=O) groups is 1. The van der Waals surface area contributed by atoms with Crippen molar-refractivity contribution in [2.24, 2.45) is 5.92 Å². The number of benzene rings is 2. The van der Waals surface area contributed by atoms with E-state index in [0.717, 1.165) is 16.5 Å². The van der Waals surface area contributed by atoms with Gasteiger partial charge in [0, 0.05) is 17.5 Å². The van der Waals surface area contributed by atoms with Crippen LogP contribution in [-0.2, 0) is 14.8 Å². The first kappa shape index (κ1) is 15.9. The molecular formula is C19H17NO4S. The third kappa shape index (κ3) is 2.53. The Kier molecular flexibility index (Phi) is 3.47. The van der Waals surface area contributed by atoms with Crippen molar-refractivity contribution in [2.75, 3.05) is 0 Å². The Bertz CT molecular complexity index is 1080. The molecule has 0 saturated heterocycles. The number of fused-ring (bicyclic) bond motifs is 1. The van der Waals surface area contributed by atoms with Crippen LogP contribution >= 0.6 is 0 Å². The van der Waals surface area contributed by atoms with Gasteiger partial charge in [-0.05, 0) is 37.1 Å². The maximum atomic E-state index is 13.1. The van der Waals surface area contributed by atoms with Gasteiger partial charge < -0.3 is 5.11 Å². The summed E-state index contributed by atoms with van der Waals surface area (Å²) < 4.78 is 27.4. The third-order valence-corrected chi connectivity index (χ3v) is 6.48. The normalized spacial score (nSPS) is 19.9. The molecule has 1 fully saturated rings. The molecule has 2 atom stereocenters. The Balaban J connectivity index is 1.88. The highest BCUT2D eigenvalue weighted by Crippen LogP contribution is 2.50. The predicted molar refractivity (Wildman–Crippen MR) is 94.2 cm³/mol. The summed E-state index contributed by atoms with van der Waals surface area (Å²) in [4.78, 5) is 11.4. The fourth-order valence-corrected chi connectivity index (χ4v) is 4.68. The molecule has 0 amide bonds. The highest BCUT2D eigenvalue weighted by atomic mass is 32.2. The summed E-state index contributed by atoms with van der Waals surface area (Å²) in [5.74, 6) is -1.39. The Morgan fingerprint density at radius 1 is 1.12 bits per heavy atom. The van der Waals surface area contributed by atoms with Gasteiger partial charge in [0.2, 0.25) is 0 Å². The van der Waals surface area contributed by atoms with E-state index in [0.29, 0.717) is 11.9 Å². The molecule has 25 heavy (non-hydrogen) atoms. The van der Waals surface area contributed by atoms with Crippen LogP contribution in [0.2, 0.25) is 0 Å². The molecule has 2 aromatic carbocycles. The molecule has 128 valence electrons. The van der Waals surface area contributed by atoms with E-state index in [1.807, 2.05) is 19.1 Å². The number of nitrogens with zero attached hydrogens (tertiary/aromatic N) is 1. The first-order valence-electron chi connectivity index (χ1n) is 8.04. The lowest BCUT2D eigenvalue weighted by Crippen LogP contribution is -2.11. The second-order valence-electron chi connectivity index (χ2n) is 6.50. The van der Waals surface area contributed by atoms with Crippen molar-refractivity contribution in [3.63, 3.8) is 0 Å². The Morgan fingerprint density at radius 3 is 2.44 bits per heavy atom. The van der Waals surface area contributed by atoms with Crippen LogP contribution < -0.4 is 0 Å². The molecule has 1 saturated carbocycles. The zero-order chi connectivity index (χ0) is 17.8. The highest BCUT2D eigenvalue weighted by Gasteiger charge is 2.45. The zero-order valence-corrected chi connectivity index (χ0v) is 14.4. The average Bonchev–Trinajstić information content (AvgIpc) is 3.29. The molecule has 1 aliphatic rings. The minimum absolute atomic E-state index is 0.128. The first-order valence-corrected chi connectivity index (χ1v) is 9.48. The lowest BCUT2D eigenvalue weighted by molar-refractivity contribution is -0.138. The van der Waals surface area contributed by atoms with Crippen LogP contribution in [0.1, 0.15) is 23.5 Å². The third-order valence-electron chi connectivity index (χ3n) is 4.79. The van der Waals surface area contributed by atoms with Crippen molar-refractivity contribution in [1.29, 1.82) is 0 Å². The molecule has 1 aromatic heterocycles. The zero-order valence-electron chi connectivity index (χ0n) is 13.6. The van der Waals surface area contributed by atoms with Crippen molar-refractivity contribution in [3.05, 3.63) is 65.9 Å². The summed E-state index contributed by atoms with van der Waals surface area (Å²) in [5.41, 5.74) is 2.35. The summed E-state index contributed by atoms with van der Waals surface area (Å²) in [5, 5.41) is 10.0. The fraction of sp³-hybridized carbons (Fsp3) is 0.211. The topological polar surface area (TPSA) is 76.4 Å². The molecule has 3 aromatic rings. The first-order chi connectivity index (χ1) is 11.9. The van der Waals surface area contributed by atoms with Crippen LogP contribution in [0.25, 0.3) is 10.9 Å². The van der Waals surface area contributed by atoms with Crippen LogP contribution in [0.5, 0.6) is 0 Å². The molecule has 4 rings (SSSR count). The number of aryl methyl sites for hydroxylation is 1. The van der Waals surface area contributed by atoms with Crippen molar-refractivity contribution in [2.45, 2.75) is 24.2 Å². The van der Waals surface area contributed by atoms with Gasteiger partial charge in [-0.25, -0.2) is 12.4 Å². The summed E-state index contributed by atoms with van der Waals surface area (Å²) in [6.07, 6.45) is 2.14. The number of aliphatic carboxylic acids is 1. The van der Waals surface area contributed by atoms with E-state index < -0.39 is 21.9 Å². The van der Waals surface area contributed by atoms with Crippen LogP contribution in [-0.4, -0.2) is 23.5 Å². The van der Waals surface area contributed by atoms with Crippen LogP contribution in [0.4, 0.5) is 0 Å². The SMILES string of the molecule is Cc1ccc(S(=O)(=O)n2cc([C@@H]3C[C@H]3C(=O)O)c3ccccc32)cc1. The molecule has 1 N–H and O–H groups in total. The van der Waals surface area contributed by atoms with Crippen LogP contribution in [0.15, 0.2) is 59.6 Å². The number of para-hydroxylation sites is 1. The van der Waals surface area contributed by atoms with Crippen molar-refractivity contribution < 1.29 is 18.3 Å². The van der Waals surface area contributed by atoms with E-state index in [2.05, 4.69) is 0 Å². The second kappa shape index (κ2) is 5.46. The Labute approximate surface area is 145 Å². The van der Waals surface area contributed by atoms with Crippen molar-refractivity contribution >= 4 is 26.9 Å². The quantitative estimate of drug-likeness (QED) is 0.778. The Hall–Kier alpha value is -2.60. The number of carboxylic acid groups (broad SMARTS) is 1. The van der Waals surface area contributed by atoms with Crippen LogP contribution in [0, 0.1) is 12.8 Å². The van der Waals surface area contributed by atoms with Gasteiger partial charge in [0.25, 0.3) is 10.0 Å². The van der Waals surface area contributed by atoms with Gasteiger partial charge in [0.05, 0.1) is 16.3 Å². The number of carboxylic acids is 1. The van der Waals surface area contributed by atoms with Gasteiger partial charge in [-0.3, -0.25) is 4.79 Å². The smallest absolute Gasteiger partial charge is 0.307 e. The molecule has 1 aliphatic carbocycles. The number of rotatable bonds is 4. The number of hydrogen-bond donors (Lipinski definition) is 1. The molecule has 0 unspecified atom stereocenters. The molecule has 5 nitrogen and oxygen atoms in total. The van der Waals surface area contributed by atoms with Gasteiger partial charge in [-0.15, -0.1) is 0 Å². The number of aromatic nitrogens is 1. The second-order valence-corrected chi connectivity index (χ2v) is 8.32. The van der Waals surface area contributed by atoms with E-state index >= 15 is 0 Å². The highest BCUT2D eigenvalue weighted by molar-refractivity contribution is 7.90. The van der Waals surface area contributed by atoms with E-state index in [9.17, 15) is 18.3 Å². The van der Waals surface area contributed by atoms with Gasteiger partial charge in [0.1, 0.15) is 0 Å². The number of hydrogen-bond acceptors (Lipinski definition) is 3. The molecule has 0 spiro atoms. The maximum absolute atomic E-state index is 13.1. The molecule has 0 radical (unpaired) electrons. The molecular weight excluding hydrogens is 338 g/mol. The summed E-state index contributed by atoms with van der Waals surface area (Å²) >= 11 is 0. The lowest BCUT2D eigenvalue weighted by atomic mass is 10.1. The van der Waals surface area contributed by atoms with Gasteiger partial charge >= 0.3 is 5.97 Å². The predicted octanol–water partition coefficient (Wildman–Crippen LogP) is 3.37. The van der Waals surface area contributed by atoms with Crippen LogP contribution in [0.3, 0.4) is 0 Å². The minimum atomic E-state index is -3.74. The lowest BCUT2D eigenvalue weighted by Gasteiger charge is -2.07. The Morgan fingerprint density at radius 2 is 1.80 bits per heavy atom. The van der Waals surface area contributed by atoms with Gasteiger partial charge in [0.15, 0.2) is 0 Å². The molecule has 1 heterocycles. The van der Waals surface area contributed by atoms with Gasteiger partial charge in [-0.1, -0.05) is 35.9 Å². The van der Waals surface area contributed by atoms with Crippen molar-refractivity contribution in [1.82, 2.24) is 3.97 Å². The minimum Gasteiger partial charge on any atom is -0.481 e. The van der Waals surface area contributed by atoms with E-state index in [4.69, 9.17) is 0 Å². The van der Waals surface area contributed by atoms with E-state index in [1.165, 1.54) is 3.97 Å². The average molecular weight is 355 g/mol. The molecule has 0 aliphatic heterocycles. The van der Waals surface area contributed by atoms with Gasteiger partial charge in [-0.2, -0.15) is 0 Å². The molecule has 0 bridgehead atoms. The summed E-state index contributed by atoms with van der Waals surface area (Å²) in [6, 6.07) is 13.9. The van der Waals surface area contributed by atoms with Crippen molar-refractivity contribution in [3.8, 4) is 0 Å². The standard InChI is InChI=1S/C19H17NO4S/c1-12-6-8-13(9-7-12)25(23,24)20-11-17(15-10-16(15)19(21)22)14-4-2-3-5-18(14)20/h2-9,11,15-16H,10H2,1H3,(H,21,22)/t15-,16-/m1/s1. The largest absolute Gasteiger partial charge is 0.481 e. The monoisotopic (exact) mass is 355 g/mol. The fourth-order valence-electron chi connectivity index (χ4n) is 3.31. The summed E-state index contributed by atoms with van der Waals surface area (Å²) in [6.45, 7) is 1.90. The van der Waals surface area contributed by atoms with E-state index in [-0.39, 0.29) is 10.8 Å². The maximum Gasteiger partial charge on any atom is 0.307 e. The van der Waals surface area contributed by atoms with E-state index in [1.54, 1.807) is 42.6 Å².